The van der Waals surface area contributed by atoms with Gasteiger partial charge in [-0.2, -0.15) is 0 Å². The maximum Gasteiger partial charge on any atom is 0.256 e. The second-order valence-corrected chi connectivity index (χ2v) is 8.23. The Morgan fingerprint density at radius 3 is 2.78 bits per heavy atom. The van der Waals surface area contributed by atoms with Crippen LogP contribution in [0.4, 0.5) is 4.39 Å². The van der Waals surface area contributed by atoms with Crippen molar-refractivity contribution < 1.29 is 9.18 Å². The molecule has 2 unspecified atom stereocenters. The van der Waals surface area contributed by atoms with Crippen LogP contribution in [0, 0.1) is 11.7 Å². The summed E-state index contributed by atoms with van der Waals surface area (Å²) in [6, 6.07) is 10.7. The van der Waals surface area contributed by atoms with E-state index in [1.807, 2.05) is 30.5 Å². The Kier molecular flexibility index (Phi) is 5.45. The first-order valence-corrected chi connectivity index (χ1v) is 10.6. The lowest BCUT2D eigenvalue weighted by Crippen LogP contribution is -2.47. The molecule has 1 amide bonds. The lowest BCUT2D eigenvalue weighted by atomic mass is 9.94. The maximum atomic E-state index is 13.2. The third-order valence-electron chi connectivity index (χ3n) is 5.56. The van der Waals surface area contributed by atoms with E-state index in [0.717, 1.165) is 49.6 Å². The number of amides is 1. The molecule has 3 fully saturated rings. The largest absolute Gasteiger partial charge is 0.334 e. The number of pyridine rings is 1. The van der Waals surface area contributed by atoms with E-state index < -0.39 is 0 Å². The predicted octanol–water partition coefficient (Wildman–Crippen LogP) is 3.68. The maximum absolute atomic E-state index is 13.2. The second-order valence-electron chi connectivity index (χ2n) is 7.44. The van der Waals surface area contributed by atoms with Gasteiger partial charge < -0.3 is 4.90 Å². The van der Waals surface area contributed by atoms with Crippen molar-refractivity contribution in [3.63, 3.8) is 0 Å². The molecule has 0 saturated carbocycles. The number of nitrogens with zero attached hydrogens (tertiary/aromatic N) is 3. The Morgan fingerprint density at radius 2 is 2.00 bits per heavy atom. The van der Waals surface area contributed by atoms with Crippen LogP contribution in [0.15, 0.2) is 47.6 Å². The molecule has 0 spiro atoms. The molecule has 1 aromatic carbocycles. The highest BCUT2D eigenvalue weighted by Crippen LogP contribution is 2.31. The average molecular weight is 386 g/mol. The number of halogens is 1. The minimum Gasteiger partial charge on any atom is -0.334 e. The number of piperidine rings is 1. The van der Waals surface area contributed by atoms with Gasteiger partial charge in [0.05, 0.1) is 5.56 Å². The molecule has 3 aliphatic rings. The van der Waals surface area contributed by atoms with Crippen LogP contribution in [-0.4, -0.2) is 52.6 Å². The summed E-state index contributed by atoms with van der Waals surface area (Å²) >= 11 is 1.52. The summed E-state index contributed by atoms with van der Waals surface area (Å²) < 4.78 is 13.2. The van der Waals surface area contributed by atoms with Crippen LogP contribution in [0.25, 0.3) is 0 Å². The van der Waals surface area contributed by atoms with Gasteiger partial charge in [0.25, 0.3) is 5.91 Å². The first kappa shape index (κ1) is 18.4. The van der Waals surface area contributed by atoms with Crippen LogP contribution in [0.3, 0.4) is 0 Å². The normalized spacial score (nSPS) is 22.7. The van der Waals surface area contributed by atoms with Crippen LogP contribution >= 0.6 is 11.8 Å². The topological polar surface area (TPSA) is 36.4 Å². The Balaban J connectivity index is 1.51. The average Bonchev–Trinajstić information content (AvgIpc) is 3.00. The molecule has 1 aromatic heterocycles. The molecule has 3 saturated heterocycles. The van der Waals surface area contributed by atoms with Crippen molar-refractivity contribution in [3.05, 3.63) is 59.5 Å². The monoisotopic (exact) mass is 385 g/mol. The number of hydrogen-bond donors (Lipinski definition) is 0. The minimum atomic E-state index is -0.201. The van der Waals surface area contributed by atoms with Crippen molar-refractivity contribution in [2.75, 3.05) is 25.9 Å². The standard InChI is InChI=1S/C21H24FN3OS/c1-27-20-19(3-2-10-23-20)21(26)25-13-16-6-9-18(25)14-24(12-16)11-15-4-7-17(22)8-5-15/h2-5,7-8,10,16,18H,6,9,11-14H2,1H3. The molecular formula is C21H24FN3OS. The van der Waals surface area contributed by atoms with Gasteiger partial charge in [-0.05, 0) is 54.8 Å². The molecule has 0 aliphatic carbocycles. The molecule has 2 bridgehead atoms. The number of aromatic nitrogens is 1. The van der Waals surface area contributed by atoms with Gasteiger partial charge in [-0.25, -0.2) is 9.37 Å². The SMILES string of the molecule is CSc1ncccc1C(=O)N1CC2CCC1CN(Cc1ccc(F)cc1)C2. The van der Waals surface area contributed by atoms with E-state index in [1.54, 1.807) is 6.20 Å². The summed E-state index contributed by atoms with van der Waals surface area (Å²) in [7, 11) is 0. The lowest BCUT2D eigenvalue weighted by Gasteiger charge is -2.36. The number of hydrogen-bond acceptors (Lipinski definition) is 4. The van der Waals surface area contributed by atoms with Gasteiger partial charge in [0.1, 0.15) is 10.8 Å². The summed E-state index contributed by atoms with van der Waals surface area (Å²) in [5, 5.41) is 0.797. The quantitative estimate of drug-likeness (QED) is 0.753. The summed E-state index contributed by atoms with van der Waals surface area (Å²) in [5.74, 6) is 0.390. The lowest BCUT2D eigenvalue weighted by molar-refractivity contribution is 0.0580. The summed E-state index contributed by atoms with van der Waals surface area (Å²) in [5.41, 5.74) is 1.83. The van der Waals surface area contributed by atoms with E-state index >= 15 is 0 Å². The van der Waals surface area contributed by atoms with Crippen molar-refractivity contribution in [2.45, 2.75) is 30.5 Å². The summed E-state index contributed by atoms with van der Waals surface area (Å²) in [6.07, 6.45) is 5.90. The van der Waals surface area contributed by atoms with Gasteiger partial charge in [0, 0.05) is 38.4 Å². The van der Waals surface area contributed by atoms with Crippen molar-refractivity contribution in [3.8, 4) is 0 Å². The van der Waals surface area contributed by atoms with E-state index in [4.69, 9.17) is 0 Å². The number of carbonyl (C=O) groups is 1. The van der Waals surface area contributed by atoms with Crippen LogP contribution in [-0.2, 0) is 6.54 Å². The number of thioether (sulfide) groups is 1. The Bertz CT molecular complexity index is 813. The summed E-state index contributed by atoms with van der Waals surface area (Å²) in [4.78, 5) is 22.1. The molecule has 2 atom stereocenters. The fourth-order valence-electron chi connectivity index (χ4n) is 4.28. The van der Waals surface area contributed by atoms with E-state index in [2.05, 4.69) is 14.8 Å². The predicted molar refractivity (Wildman–Crippen MR) is 105 cm³/mol. The first-order chi connectivity index (χ1) is 13.1. The molecule has 6 heteroatoms. The summed E-state index contributed by atoms with van der Waals surface area (Å²) in [6.45, 7) is 3.47. The molecule has 3 aliphatic heterocycles. The molecule has 4 heterocycles. The second kappa shape index (κ2) is 7.98. The van der Waals surface area contributed by atoms with Gasteiger partial charge in [0.2, 0.25) is 0 Å². The van der Waals surface area contributed by atoms with Gasteiger partial charge >= 0.3 is 0 Å². The van der Waals surface area contributed by atoms with Gasteiger partial charge in [-0.1, -0.05) is 12.1 Å². The van der Waals surface area contributed by atoms with E-state index in [1.165, 1.54) is 23.9 Å². The smallest absolute Gasteiger partial charge is 0.256 e. The molecule has 142 valence electrons. The first-order valence-electron chi connectivity index (χ1n) is 9.41. The zero-order chi connectivity index (χ0) is 18.8. The molecule has 0 N–H and O–H groups in total. The fraction of sp³-hybridized carbons (Fsp3) is 0.429. The van der Waals surface area contributed by atoms with Crippen molar-refractivity contribution >= 4 is 17.7 Å². The van der Waals surface area contributed by atoms with Crippen LogP contribution in [0.1, 0.15) is 28.8 Å². The van der Waals surface area contributed by atoms with Crippen LogP contribution in [0.5, 0.6) is 0 Å². The molecular weight excluding hydrogens is 361 g/mol. The van der Waals surface area contributed by atoms with Crippen LogP contribution < -0.4 is 0 Å². The molecule has 4 nitrogen and oxygen atoms in total. The highest BCUT2D eigenvalue weighted by molar-refractivity contribution is 7.98. The van der Waals surface area contributed by atoms with Crippen LogP contribution in [0.2, 0.25) is 0 Å². The number of rotatable bonds is 4. The number of fused-ring (bicyclic) bond motifs is 4. The molecule has 0 radical (unpaired) electrons. The van der Waals surface area contributed by atoms with E-state index in [0.29, 0.717) is 11.5 Å². The highest BCUT2D eigenvalue weighted by Gasteiger charge is 2.37. The zero-order valence-corrected chi connectivity index (χ0v) is 16.3. The highest BCUT2D eigenvalue weighted by atomic mass is 32.2. The number of carbonyl (C=O) groups excluding carboxylic acids is 1. The fourth-order valence-corrected chi connectivity index (χ4v) is 4.82. The number of benzene rings is 1. The van der Waals surface area contributed by atoms with E-state index in [9.17, 15) is 9.18 Å². The third kappa shape index (κ3) is 4.01. The third-order valence-corrected chi connectivity index (χ3v) is 6.28. The Morgan fingerprint density at radius 1 is 1.19 bits per heavy atom. The van der Waals surface area contributed by atoms with Gasteiger partial charge in [0.15, 0.2) is 0 Å². The molecule has 27 heavy (non-hydrogen) atoms. The van der Waals surface area contributed by atoms with Crippen molar-refractivity contribution in [1.29, 1.82) is 0 Å². The Labute approximate surface area is 163 Å². The van der Waals surface area contributed by atoms with E-state index in [-0.39, 0.29) is 17.8 Å². The van der Waals surface area contributed by atoms with Crippen molar-refractivity contribution in [1.82, 2.24) is 14.8 Å². The van der Waals surface area contributed by atoms with Gasteiger partial charge in [-0.15, -0.1) is 11.8 Å². The Hall–Kier alpha value is -1.92. The van der Waals surface area contributed by atoms with Crippen molar-refractivity contribution in [2.24, 2.45) is 5.92 Å². The molecule has 2 aromatic rings. The zero-order valence-electron chi connectivity index (χ0n) is 15.5. The molecule has 5 rings (SSSR count). The van der Waals surface area contributed by atoms with Gasteiger partial charge in [-0.3, -0.25) is 9.69 Å². The minimum absolute atomic E-state index is 0.103.